The molecule has 3 heteroatoms. The quantitative estimate of drug-likeness (QED) is 0.430. The summed E-state index contributed by atoms with van der Waals surface area (Å²) in [5.41, 5.74) is 6.07. The summed E-state index contributed by atoms with van der Waals surface area (Å²) < 4.78 is 0. The molecule has 0 saturated heterocycles. The first-order valence-corrected chi connectivity index (χ1v) is 8.76. The summed E-state index contributed by atoms with van der Waals surface area (Å²) in [6.07, 6.45) is 0. The highest BCUT2D eigenvalue weighted by molar-refractivity contribution is 6.03. The molecule has 0 atom stereocenters. The van der Waals surface area contributed by atoms with Gasteiger partial charge in [-0.2, -0.15) is 0 Å². The van der Waals surface area contributed by atoms with E-state index in [1.807, 2.05) is 0 Å². The van der Waals surface area contributed by atoms with Gasteiger partial charge in [0.05, 0.1) is 21.8 Å². The molecule has 132 valence electrons. The van der Waals surface area contributed by atoms with Crippen molar-refractivity contribution in [2.45, 2.75) is 26.2 Å². The van der Waals surface area contributed by atoms with Crippen LogP contribution in [0, 0.1) is 0 Å². The zero-order chi connectivity index (χ0) is 17.4. The SMILES string of the molecule is CC(C)(C)c1ccccc1[NH2+]c1c2ccccc2nc2ccccc12.[Cl-]. The van der Waals surface area contributed by atoms with Crippen molar-refractivity contribution in [2.24, 2.45) is 0 Å². The van der Waals surface area contributed by atoms with E-state index in [0.717, 1.165) is 11.0 Å². The number of nitrogens with two attached hydrogens (primary N) is 1. The molecular formula is C23H23ClN2. The van der Waals surface area contributed by atoms with Crippen LogP contribution in [-0.4, -0.2) is 4.98 Å². The van der Waals surface area contributed by atoms with Crippen LogP contribution in [0.5, 0.6) is 0 Å². The lowest BCUT2D eigenvalue weighted by atomic mass is 9.85. The van der Waals surface area contributed by atoms with Crippen molar-refractivity contribution in [3.05, 3.63) is 78.4 Å². The monoisotopic (exact) mass is 362 g/mol. The minimum Gasteiger partial charge on any atom is -1.00 e. The number of hydrogen-bond donors (Lipinski definition) is 1. The highest BCUT2D eigenvalue weighted by Crippen LogP contribution is 2.31. The molecule has 0 aliphatic carbocycles. The van der Waals surface area contributed by atoms with Crippen molar-refractivity contribution in [3.63, 3.8) is 0 Å². The molecule has 0 aliphatic rings. The van der Waals surface area contributed by atoms with E-state index in [2.05, 4.69) is 98.9 Å². The first kappa shape index (κ1) is 18.4. The second kappa shape index (κ2) is 7.06. The molecule has 2 N–H and O–H groups in total. The first-order valence-electron chi connectivity index (χ1n) is 8.76. The van der Waals surface area contributed by atoms with Crippen molar-refractivity contribution in [2.75, 3.05) is 0 Å². The molecule has 0 saturated carbocycles. The van der Waals surface area contributed by atoms with Crippen molar-refractivity contribution in [1.29, 1.82) is 0 Å². The Bertz CT molecular complexity index is 1010. The average Bonchev–Trinajstić information content (AvgIpc) is 2.61. The standard InChI is InChI=1S/C23H22N2.ClH/c1-23(2,3)18-12-6-9-15-21(18)25-22-16-10-4-7-13-19(16)24-20-14-8-5-11-17(20)22;/h4-15H,1-3H3,(H,24,25);1H. The van der Waals surface area contributed by atoms with Gasteiger partial charge in [-0.05, 0) is 35.7 Å². The van der Waals surface area contributed by atoms with Gasteiger partial charge in [0.2, 0.25) is 0 Å². The smallest absolute Gasteiger partial charge is 0.153 e. The van der Waals surface area contributed by atoms with Gasteiger partial charge in [-0.25, -0.2) is 4.98 Å². The van der Waals surface area contributed by atoms with Gasteiger partial charge in [0.1, 0.15) is 5.69 Å². The van der Waals surface area contributed by atoms with Gasteiger partial charge in [-0.3, -0.25) is 5.32 Å². The van der Waals surface area contributed by atoms with Crippen LogP contribution < -0.4 is 17.7 Å². The molecule has 0 radical (unpaired) electrons. The molecule has 0 fully saturated rings. The van der Waals surface area contributed by atoms with Gasteiger partial charge in [0.25, 0.3) is 0 Å². The molecule has 0 aliphatic heterocycles. The van der Waals surface area contributed by atoms with E-state index in [0.29, 0.717) is 0 Å². The fraction of sp³-hybridized carbons (Fsp3) is 0.174. The van der Waals surface area contributed by atoms with Crippen LogP contribution in [0.2, 0.25) is 0 Å². The Morgan fingerprint density at radius 1 is 0.692 bits per heavy atom. The molecule has 1 aromatic heterocycles. The third kappa shape index (κ3) is 3.31. The Kier molecular flexibility index (Phi) is 4.99. The number of quaternary nitrogens is 1. The van der Waals surface area contributed by atoms with Crippen LogP contribution in [0.3, 0.4) is 0 Å². The minimum atomic E-state index is 0. The van der Waals surface area contributed by atoms with Gasteiger partial charge in [0, 0.05) is 5.56 Å². The zero-order valence-corrected chi connectivity index (χ0v) is 16.1. The molecule has 4 rings (SSSR count). The van der Waals surface area contributed by atoms with Crippen molar-refractivity contribution >= 4 is 33.2 Å². The number of halogens is 1. The van der Waals surface area contributed by atoms with Crippen molar-refractivity contribution < 1.29 is 17.7 Å². The Labute approximate surface area is 160 Å². The summed E-state index contributed by atoms with van der Waals surface area (Å²) in [5.74, 6) is 0. The summed E-state index contributed by atoms with van der Waals surface area (Å²) in [7, 11) is 0. The molecule has 0 unspecified atom stereocenters. The number of aromatic nitrogens is 1. The second-order valence-corrected chi connectivity index (χ2v) is 7.54. The molecular weight excluding hydrogens is 340 g/mol. The normalized spacial score (nSPS) is 11.5. The molecule has 4 aromatic rings. The maximum Gasteiger partial charge on any atom is 0.153 e. The van der Waals surface area contributed by atoms with Gasteiger partial charge in [-0.1, -0.05) is 63.2 Å². The molecule has 3 aromatic carbocycles. The Balaban J connectivity index is 0.00000196. The first-order chi connectivity index (χ1) is 12.0. The summed E-state index contributed by atoms with van der Waals surface area (Å²) in [6, 6.07) is 25.5. The van der Waals surface area contributed by atoms with Gasteiger partial charge < -0.3 is 12.4 Å². The van der Waals surface area contributed by atoms with Crippen LogP contribution >= 0.6 is 0 Å². The molecule has 26 heavy (non-hydrogen) atoms. The van der Waals surface area contributed by atoms with E-state index in [9.17, 15) is 0 Å². The van der Waals surface area contributed by atoms with Crippen LogP contribution in [0.15, 0.2) is 72.8 Å². The molecule has 1 heterocycles. The molecule has 0 amide bonds. The number of hydrogen-bond acceptors (Lipinski definition) is 1. The number of fused-ring (bicyclic) bond motifs is 2. The van der Waals surface area contributed by atoms with Crippen LogP contribution in [0.4, 0.5) is 11.4 Å². The van der Waals surface area contributed by atoms with Crippen LogP contribution in [0.25, 0.3) is 21.8 Å². The molecule has 2 nitrogen and oxygen atoms in total. The third-order valence-corrected chi connectivity index (χ3v) is 4.70. The predicted molar refractivity (Wildman–Crippen MR) is 106 cm³/mol. The predicted octanol–water partition coefficient (Wildman–Crippen LogP) is 2.22. The van der Waals surface area contributed by atoms with E-state index in [-0.39, 0.29) is 17.8 Å². The van der Waals surface area contributed by atoms with Crippen molar-refractivity contribution in [1.82, 2.24) is 4.98 Å². The minimum absolute atomic E-state index is 0. The second-order valence-electron chi connectivity index (χ2n) is 7.54. The van der Waals surface area contributed by atoms with E-state index >= 15 is 0 Å². The van der Waals surface area contributed by atoms with E-state index in [4.69, 9.17) is 4.98 Å². The van der Waals surface area contributed by atoms with Crippen LogP contribution in [0.1, 0.15) is 26.3 Å². The largest absolute Gasteiger partial charge is 1.00 e. The van der Waals surface area contributed by atoms with Crippen LogP contribution in [-0.2, 0) is 5.41 Å². The Morgan fingerprint density at radius 2 is 1.19 bits per heavy atom. The van der Waals surface area contributed by atoms with E-state index < -0.39 is 0 Å². The summed E-state index contributed by atoms with van der Waals surface area (Å²) in [6.45, 7) is 6.80. The number of benzene rings is 3. The number of rotatable bonds is 2. The fourth-order valence-corrected chi connectivity index (χ4v) is 3.49. The Morgan fingerprint density at radius 3 is 1.77 bits per heavy atom. The summed E-state index contributed by atoms with van der Waals surface area (Å²) >= 11 is 0. The highest BCUT2D eigenvalue weighted by atomic mass is 35.5. The summed E-state index contributed by atoms with van der Waals surface area (Å²) in [5, 5.41) is 4.72. The molecule has 0 bridgehead atoms. The number of para-hydroxylation sites is 3. The zero-order valence-electron chi connectivity index (χ0n) is 15.3. The van der Waals surface area contributed by atoms with Crippen molar-refractivity contribution in [3.8, 4) is 0 Å². The lowest BCUT2D eigenvalue weighted by molar-refractivity contribution is -0.476. The van der Waals surface area contributed by atoms with E-state index in [1.54, 1.807) is 0 Å². The fourth-order valence-electron chi connectivity index (χ4n) is 3.49. The maximum absolute atomic E-state index is 4.83. The van der Waals surface area contributed by atoms with Gasteiger partial charge in [-0.15, -0.1) is 0 Å². The number of nitrogens with zero attached hydrogens (tertiary/aromatic N) is 1. The molecule has 0 spiro atoms. The Hall–Kier alpha value is -2.42. The third-order valence-electron chi connectivity index (χ3n) is 4.70. The maximum atomic E-state index is 4.83. The lowest BCUT2D eigenvalue weighted by Gasteiger charge is -2.21. The topological polar surface area (TPSA) is 29.5 Å². The number of pyridine rings is 1. The lowest BCUT2D eigenvalue weighted by Crippen LogP contribution is -3.00. The highest BCUT2D eigenvalue weighted by Gasteiger charge is 2.22. The summed E-state index contributed by atoms with van der Waals surface area (Å²) in [4.78, 5) is 4.83. The van der Waals surface area contributed by atoms with Gasteiger partial charge >= 0.3 is 0 Å². The van der Waals surface area contributed by atoms with Gasteiger partial charge in [0.15, 0.2) is 5.69 Å². The van der Waals surface area contributed by atoms with E-state index in [1.165, 1.54) is 27.7 Å². The average molecular weight is 363 g/mol.